The molecule has 0 aliphatic rings. The fourth-order valence-electron chi connectivity index (χ4n) is 2.04. The van der Waals surface area contributed by atoms with Crippen molar-refractivity contribution in [2.75, 3.05) is 31.3 Å². The second kappa shape index (κ2) is 6.85. The molecule has 2 N–H and O–H groups in total. The van der Waals surface area contributed by atoms with Gasteiger partial charge in [0.05, 0.1) is 6.54 Å². The Kier molecular flexibility index (Phi) is 4.90. The summed E-state index contributed by atoms with van der Waals surface area (Å²) in [4.78, 5) is 19.9. The molecule has 5 heteroatoms. The molecular formula is C16H20N4O. The number of likely N-dealkylation sites (N-methyl/N-ethyl adjacent to an activating group) is 2. The number of rotatable bonds is 5. The lowest BCUT2D eigenvalue weighted by Crippen LogP contribution is -2.36. The lowest BCUT2D eigenvalue weighted by molar-refractivity contribution is -0.119. The molecule has 21 heavy (non-hydrogen) atoms. The molecule has 1 amide bonds. The summed E-state index contributed by atoms with van der Waals surface area (Å²) in [7, 11) is 3.69. The van der Waals surface area contributed by atoms with E-state index in [2.05, 4.69) is 4.98 Å². The van der Waals surface area contributed by atoms with Crippen molar-refractivity contribution >= 4 is 17.3 Å². The van der Waals surface area contributed by atoms with Crippen LogP contribution in [0.25, 0.3) is 0 Å². The van der Waals surface area contributed by atoms with Gasteiger partial charge < -0.3 is 10.6 Å². The Bertz CT molecular complexity index is 583. The summed E-state index contributed by atoms with van der Waals surface area (Å²) in [5, 5.41) is 0. The van der Waals surface area contributed by atoms with Crippen LogP contribution in [0.1, 0.15) is 5.56 Å². The van der Waals surface area contributed by atoms with Crippen molar-refractivity contribution < 1.29 is 4.79 Å². The molecule has 1 aromatic carbocycles. The van der Waals surface area contributed by atoms with E-state index in [-0.39, 0.29) is 5.91 Å². The van der Waals surface area contributed by atoms with Gasteiger partial charge in [0.25, 0.3) is 0 Å². The first-order valence-electron chi connectivity index (χ1n) is 6.76. The van der Waals surface area contributed by atoms with Crippen LogP contribution >= 0.6 is 0 Å². The summed E-state index contributed by atoms with van der Waals surface area (Å²) in [5.41, 5.74) is 8.26. The Morgan fingerprint density at radius 2 is 1.90 bits per heavy atom. The third kappa shape index (κ3) is 4.29. The maximum atomic E-state index is 12.3. The maximum Gasteiger partial charge on any atom is 0.240 e. The second-order valence-electron chi connectivity index (χ2n) is 5.08. The number of carbonyl (C=O) groups excluding carboxylic acids is 1. The van der Waals surface area contributed by atoms with Crippen molar-refractivity contribution in [2.45, 2.75) is 6.54 Å². The van der Waals surface area contributed by atoms with Crippen LogP contribution in [0.4, 0.5) is 11.4 Å². The topological polar surface area (TPSA) is 62.5 Å². The summed E-state index contributed by atoms with van der Waals surface area (Å²) < 4.78 is 0. The van der Waals surface area contributed by atoms with Gasteiger partial charge in [0, 0.05) is 37.4 Å². The molecule has 1 heterocycles. The number of aromatic nitrogens is 1. The maximum absolute atomic E-state index is 12.3. The molecule has 2 rings (SSSR count). The molecule has 0 atom stereocenters. The molecule has 1 aromatic heterocycles. The lowest BCUT2D eigenvalue weighted by Gasteiger charge is -2.22. The van der Waals surface area contributed by atoms with Crippen molar-refractivity contribution in [1.82, 2.24) is 9.88 Å². The highest BCUT2D eigenvalue weighted by Gasteiger charge is 2.13. The van der Waals surface area contributed by atoms with Crippen molar-refractivity contribution in [1.29, 1.82) is 0 Å². The van der Waals surface area contributed by atoms with Gasteiger partial charge in [-0.2, -0.15) is 0 Å². The Hall–Kier alpha value is -2.40. The summed E-state index contributed by atoms with van der Waals surface area (Å²) in [5.74, 6) is 0.0335. The highest BCUT2D eigenvalue weighted by atomic mass is 16.2. The minimum absolute atomic E-state index is 0.0335. The number of nitrogen functional groups attached to an aromatic ring is 1. The Balaban J connectivity index is 1.92. The van der Waals surface area contributed by atoms with Crippen molar-refractivity contribution in [3.05, 3.63) is 54.4 Å². The lowest BCUT2D eigenvalue weighted by atomic mass is 10.2. The minimum atomic E-state index is 0.0335. The SMILES string of the molecule is CN(CC(=O)N(C)c1ccc(N)cc1)Cc1cccnc1. The van der Waals surface area contributed by atoms with E-state index < -0.39 is 0 Å². The zero-order chi connectivity index (χ0) is 15.2. The van der Waals surface area contributed by atoms with E-state index in [0.29, 0.717) is 18.8 Å². The van der Waals surface area contributed by atoms with E-state index in [1.807, 2.05) is 42.4 Å². The second-order valence-corrected chi connectivity index (χ2v) is 5.08. The predicted octanol–water partition coefficient (Wildman–Crippen LogP) is 1.76. The van der Waals surface area contributed by atoms with Crippen LogP contribution in [0.3, 0.4) is 0 Å². The van der Waals surface area contributed by atoms with E-state index in [1.165, 1.54) is 0 Å². The van der Waals surface area contributed by atoms with Gasteiger partial charge in [-0.25, -0.2) is 0 Å². The van der Waals surface area contributed by atoms with Gasteiger partial charge in [-0.1, -0.05) is 6.07 Å². The number of pyridine rings is 1. The molecule has 0 unspecified atom stereocenters. The number of benzene rings is 1. The predicted molar refractivity (Wildman–Crippen MR) is 84.8 cm³/mol. The quantitative estimate of drug-likeness (QED) is 0.850. The number of nitrogens with two attached hydrogens (primary N) is 1. The molecule has 0 saturated carbocycles. The molecule has 5 nitrogen and oxygen atoms in total. The highest BCUT2D eigenvalue weighted by molar-refractivity contribution is 5.94. The molecule has 0 bridgehead atoms. The standard InChI is InChI=1S/C16H20N4O/c1-19(11-13-4-3-9-18-10-13)12-16(21)20(2)15-7-5-14(17)6-8-15/h3-10H,11-12,17H2,1-2H3. The number of hydrogen-bond acceptors (Lipinski definition) is 4. The summed E-state index contributed by atoms with van der Waals surface area (Å²) in [6.45, 7) is 1.03. The van der Waals surface area contributed by atoms with Gasteiger partial charge in [-0.05, 0) is 42.9 Å². The van der Waals surface area contributed by atoms with Gasteiger partial charge in [0.1, 0.15) is 0 Å². The monoisotopic (exact) mass is 284 g/mol. The summed E-state index contributed by atoms with van der Waals surface area (Å²) in [6, 6.07) is 11.2. The van der Waals surface area contributed by atoms with Crippen molar-refractivity contribution in [3.63, 3.8) is 0 Å². The number of anilines is 2. The molecular weight excluding hydrogens is 264 g/mol. The molecule has 0 aliphatic carbocycles. The smallest absolute Gasteiger partial charge is 0.240 e. The van der Waals surface area contributed by atoms with E-state index in [1.54, 1.807) is 30.3 Å². The van der Waals surface area contributed by atoms with E-state index >= 15 is 0 Å². The van der Waals surface area contributed by atoms with Crippen LogP contribution in [0.5, 0.6) is 0 Å². The normalized spacial score (nSPS) is 10.6. The molecule has 0 saturated heterocycles. The van der Waals surface area contributed by atoms with Crippen LogP contribution < -0.4 is 10.6 Å². The van der Waals surface area contributed by atoms with Crippen molar-refractivity contribution in [3.8, 4) is 0 Å². The average Bonchev–Trinajstić information content (AvgIpc) is 2.48. The first-order chi connectivity index (χ1) is 10.1. The number of amides is 1. The molecule has 0 radical (unpaired) electrons. The first kappa shape index (κ1) is 15.0. The van der Waals surface area contributed by atoms with Crippen LogP contribution in [-0.2, 0) is 11.3 Å². The van der Waals surface area contributed by atoms with E-state index in [9.17, 15) is 4.79 Å². The zero-order valence-electron chi connectivity index (χ0n) is 12.4. The first-order valence-corrected chi connectivity index (χ1v) is 6.76. The number of nitrogens with zero attached hydrogens (tertiary/aromatic N) is 3. The van der Waals surface area contributed by atoms with Gasteiger partial charge in [-0.3, -0.25) is 14.7 Å². The fraction of sp³-hybridized carbons (Fsp3) is 0.250. The van der Waals surface area contributed by atoms with Gasteiger partial charge in [0.15, 0.2) is 0 Å². The molecule has 110 valence electrons. The van der Waals surface area contributed by atoms with Gasteiger partial charge >= 0.3 is 0 Å². The van der Waals surface area contributed by atoms with E-state index in [4.69, 9.17) is 5.73 Å². The van der Waals surface area contributed by atoms with Crippen LogP contribution in [-0.4, -0.2) is 36.4 Å². The van der Waals surface area contributed by atoms with Crippen LogP contribution in [0.2, 0.25) is 0 Å². The third-order valence-electron chi connectivity index (χ3n) is 3.23. The van der Waals surface area contributed by atoms with Gasteiger partial charge in [-0.15, -0.1) is 0 Å². The van der Waals surface area contributed by atoms with E-state index in [0.717, 1.165) is 11.3 Å². The van der Waals surface area contributed by atoms with Gasteiger partial charge in [0.2, 0.25) is 5.91 Å². The molecule has 2 aromatic rings. The minimum Gasteiger partial charge on any atom is -0.399 e. The molecule has 0 fully saturated rings. The third-order valence-corrected chi connectivity index (χ3v) is 3.23. The fourth-order valence-corrected chi connectivity index (χ4v) is 2.04. The van der Waals surface area contributed by atoms with Crippen LogP contribution in [0, 0.1) is 0 Å². The average molecular weight is 284 g/mol. The molecule has 0 aliphatic heterocycles. The van der Waals surface area contributed by atoms with Crippen molar-refractivity contribution in [2.24, 2.45) is 0 Å². The summed E-state index contributed by atoms with van der Waals surface area (Å²) >= 11 is 0. The molecule has 0 spiro atoms. The van der Waals surface area contributed by atoms with Crippen LogP contribution in [0.15, 0.2) is 48.8 Å². The zero-order valence-corrected chi connectivity index (χ0v) is 12.4. The largest absolute Gasteiger partial charge is 0.399 e. The number of carbonyl (C=O) groups is 1. The Morgan fingerprint density at radius 3 is 2.52 bits per heavy atom. The Labute approximate surface area is 125 Å². The highest BCUT2D eigenvalue weighted by Crippen LogP contribution is 2.15. The number of hydrogen-bond donors (Lipinski definition) is 1. The summed E-state index contributed by atoms with van der Waals surface area (Å²) in [6.07, 6.45) is 3.55. The Morgan fingerprint density at radius 1 is 1.19 bits per heavy atom.